The summed E-state index contributed by atoms with van der Waals surface area (Å²) >= 11 is 0. The number of unbranched alkanes of at least 4 members (excludes halogenated alkanes) is 1. The minimum Gasteiger partial charge on any atom is -0.393 e. The van der Waals surface area contributed by atoms with Crippen molar-refractivity contribution in [3.63, 3.8) is 0 Å². The summed E-state index contributed by atoms with van der Waals surface area (Å²) in [5.74, 6) is 4.27. The molecule has 0 aromatic carbocycles. The summed E-state index contributed by atoms with van der Waals surface area (Å²) < 4.78 is 0. The van der Waals surface area contributed by atoms with Gasteiger partial charge in [-0.15, -0.1) is 0 Å². The Bertz CT molecular complexity index is 618. The highest BCUT2D eigenvalue weighted by Gasteiger charge is 2.53. The van der Waals surface area contributed by atoms with E-state index in [1.165, 1.54) is 64.2 Å². The normalized spacial score (nSPS) is 39.9. The van der Waals surface area contributed by atoms with Crippen molar-refractivity contribution in [1.82, 2.24) is 0 Å². The molecule has 3 fully saturated rings. The molecule has 0 heterocycles. The lowest BCUT2D eigenvalue weighted by Gasteiger charge is -2.49. The third-order valence-electron chi connectivity index (χ3n) is 11.9. The molecule has 3 saturated carbocycles. The van der Waals surface area contributed by atoms with Crippen molar-refractivity contribution < 1.29 is 15.3 Å². The molecule has 0 aliphatic heterocycles. The quantitative estimate of drug-likeness (QED) is 0.261. The molecule has 3 aliphatic rings. The first-order chi connectivity index (χ1) is 16.6. The second kappa shape index (κ2) is 12.6. The average molecular weight is 493 g/mol. The first kappa shape index (κ1) is 29.4. The highest BCUT2D eigenvalue weighted by molar-refractivity contribution is 5.03. The lowest BCUT2D eigenvalue weighted by molar-refractivity contribution is -0.0430. The van der Waals surface area contributed by atoms with Crippen LogP contribution in [0.4, 0.5) is 0 Å². The molecule has 1 unspecified atom stereocenters. The van der Waals surface area contributed by atoms with Gasteiger partial charge < -0.3 is 15.3 Å². The van der Waals surface area contributed by atoms with Crippen molar-refractivity contribution in [2.75, 3.05) is 0 Å². The van der Waals surface area contributed by atoms with E-state index in [0.717, 1.165) is 49.9 Å². The maximum absolute atomic E-state index is 11.2. The van der Waals surface area contributed by atoms with E-state index >= 15 is 0 Å². The molecule has 3 aliphatic carbocycles. The molecule has 0 bridgehead atoms. The highest BCUT2D eigenvalue weighted by atomic mass is 16.3. The molecule has 0 amide bonds. The second-order valence-electron chi connectivity index (χ2n) is 13.8. The SMILES string of the molecule is CCCC[C@@H](CC(O)(CC)CC)[C@@H](C)[C@H]1CC[C@H]2C(CCC3C[C@@H](O)C(C)[C@H](O)C3)CCC[C@]12C. The van der Waals surface area contributed by atoms with E-state index in [-0.39, 0.29) is 18.1 Å². The molecule has 3 nitrogen and oxygen atoms in total. The monoisotopic (exact) mass is 492 g/mol. The lowest BCUT2D eigenvalue weighted by Crippen LogP contribution is -2.42. The van der Waals surface area contributed by atoms with Gasteiger partial charge in [0.15, 0.2) is 0 Å². The van der Waals surface area contributed by atoms with Crippen LogP contribution >= 0.6 is 0 Å². The van der Waals surface area contributed by atoms with Gasteiger partial charge in [-0.25, -0.2) is 0 Å². The standard InChI is InChI=1S/C32H60O3/c1-7-10-12-26(21-32(35,8-2)9-3)22(4)27-16-17-28-25(13-11-18-31(27,28)6)15-14-24-19-29(33)23(5)30(34)20-24/h22-30,33-35H,7-21H2,1-6H3/t22-,23?,24?,25?,26+,27-,28+,29-,30-,31-/m1/s1. The molecule has 3 rings (SSSR count). The third-order valence-corrected chi connectivity index (χ3v) is 11.9. The van der Waals surface area contributed by atoms with Crippen LogP contribution in [0.5, 0.6) is 0 Å². The lowest BCUT2D eigenvalue weighted by atomic mass is 9.56. The predicted octanol–water partition coefficient (Wildman–Crippen LogP) is 7.75. The molecule has 0 aromatic rings. The van der Waals surface area contributed by atoms with Gasteiger partial charge in [-0.1, -0.05) is 73.6 Å². The minimum atomic E-state index is -0.493. The Balaban J connectivity index is 1.66. The Morgan fingerprint density at radius 1 is 0.971 bits per heavy atom. The smallest absolute Gasteiger partial charge is 0.0645 e. The number of aliphatic hydroxyl groups excluding tert-OH is 2. The van der Waals surface area contributed by atoms with Gasteiger partial charge >= 0.3 is 0 Å². The van der Waals surface area contributed by atoms with Crippen LogP contribution in [0.15, 0.2) is 0 Å². The molecular formula is C32H60O3. The van der Waals surface area contributed by atoms with Crippen molar-refractivity contribution in [2.24, 2.45) is 46.8 Å². The van der Waals surface area contributed by atoms with Crippen molar-refractivity contribution in [3.8, 4) is 0 Å². The Morgan fingerprint density at radius 2 is 1.63 bits per heavy atom. The summed E-state index contributed by atoms with van der Waals surface area (Å²) in [4.78, 5) is 0. The van der Waals surface area contributed by atoms with Crippen LogP contribution in [0.3, 0.4) is 0 Å². The second-order valence-corrected chi connectivity index (χ2v) is 13.8. The topological polar surface area (TPSA) is 60.7 Å². The summed E-state index contributed by atoms with van der Waals surface area (Å²) in [6, 6.07) is 0. The van der Waals surface area contributed by atoms with Gasteiger partial charge in [0, 0.05) is 5.92 Å². The van der Waals surface area contributed by atoms with Crippen LogP contribution in [0, 0.1) is 46.8 Å². The summed E-state index contributed by atoms with van der Waals surface area (Å²) in [5.41, 5.74) is -0.0449. The van der Waals surface area contributed by atoms with Gasteiger partial charge in [0.05, 0.1) is 17.8 Å². The number of aliphatic hydroxyl groups is 3. The third kappa shape index (κ3) is 6.66. The van der Waals surface area contributed by atoms with Gasteiger partial charge in [0.2, 0.25) is 0 Å². The van der Waals surface area contributed by atoms with Crippen LogP contribution in [-0.4, -0.2) is 33.1 Å². The first-order valence-electron chi connectivity index (χ1n) is 15.7. The van der Waals surface area contributed by atoms with Crippen LogP contribution < -0.4 is 0 Å². The number of rotatable bonds is 12. The zero-order valence-electron chi connectivity index (χ0n) is 24.1. The molecule has 3 heteroatoms. The van der Waals surface area contributed by atoms with Gasteiger partial charge in [-0.3, -0.25) is 0 Å². The van der Waals surface area contributed by atoms with E-state index in [0.29, 0.717) is 23.2 Å². The maximum atomic E-state index is 11.2. The fourth-order valence-corrected chi connectivity index (χ4v) is 9.12. The highest BCUT2D eigenvalue weighted by Crippen LogP contribution is 2.61. The molecular weight excluding hydrogens is 432 g/mol. The van der Waals surface area contributed by atoms with Crippen LogP contribution in [0.25, 0.3) is 0 Å². The minimum absolute atomic E-state index is 0.0278. The Hall–Kier alpha value is -0.120. The number of fused-ring (bicyclic) bond motifs is 1. The molecule has 206 valence electrons. The maximum Gasteiger partial charge on any atom is 0.0645 e. The van der Waals surface area contributed by atoms with E-state index in [1.807, 2.05) is 6.92 Å². The van der Waals surface area contributed by atoms with E-state index in [9.17, 15) is 15.3 Å². The van der Waals surface area contributed by atoms with E-state index < -0.39 is 5.60 Å². The zero-order valence-corrected chi connectivity index (χ0v) is 24.1. The average Bonchev–Trinajstić information content (AvgIpc) is 3.20. The van der Waals surface area contributed by atoms with Gasteiger partial charge in [0.25, 0.3) is 0 Å². The molecule has 0 saturated heterocycles. The molecule has 0 spiro atoms. The van der Waals surface area contributed by atoms with Crippen LogP contribution in [-0.2, 0) is 0 Å². The fourth-order valence-electron chi connectivity index (χ4n) is 9.12. The summed E-state index contributed by atoms with van der Waals surface area (Å²) in [6.45, 7) is 13.8. The van der Waals surface area contributed by atoms with Gasteiger partial charge in [-0.2, -0.15) is 0 Å². The van der Waals surface area contributed by atoms with Crippen LogP contribution in [0.2, 0.25) is 0 Å². The molecule has 35 heavy (non-hydrogen) atoms. The Morgan fingerprint density at radius 3 is 2.23 bits per heavy atom. The molecule has 0 aromatic heterocycles. The molecule has 3 N–H and O–H groups in total. The number of hydrogen-bond donors (Lipinski definition) is 3. The van der Waals surface area contributed by atoms with Gasteiger partial charge in [0.1, 0.15) is 0 Å². The van der Waals surface area contributed by atoms with Crippen molar-refractivity contribution in [3.05, 3.63) is 0 Å². The summed E-state index contributed by atoms with van der Waals surface area (Å²) in [5, 5.41) is 32.0. The molecule has 0 radical (unpaired) electrons. The zero-order chi connectivity index (χ0) is 25.8. The Kier molecular flexibility index (Phi) is 10.6. The number of hydrogen-bond acceptors (Lipinski definition) is 3. The van der Waals surface area contributed by atoms with Gasteiger partial charge in [-0.05, 0) is 105 Å². The van der Waals surface area contributed by atoms with Crippen molar-refractivity contribution in [1.29, 1.82) is 0 Å². The fraction of sp³-hybridized carbons (Fsp3) is 1.00. The predicted molar refractivity (Wildman–Crippen MR) is 147 cm³/mol. The Labute approximate surface area is 217 Å². The van der Waals surface area contributed by atoms with Crippen LogP contribution in [0.1, 0.15) is 138 Å². The van der Waals surface area contributed by atoms with E-state index in [1.54, 1.807) is 0 Å². The first-order valence-corrected chi connectivity index (χ1v) is 15.7. The largest absolute Gasteiger partial charge is 0.393 e. The van der Waals surface area contributed by atoms with Crippen molar-refractivity contribution >= 4 is 0 Å². The summed E-state index contributed by atoms with van der Waals surface area (Å²) in [7, 11) is 0. The summed E-state index contributed by atoms with van der Waals surface area (Å²) in [6.07, 6.45) is 16.9. The van der Waals surface area contributed by atoms with E-state index in [2.05, 4.69) is 34.6 Å². The molecule has 8 atom stereocenters. The van der Waals surface area contributed by atoms with Crippen molar-refractivity contribution in [2.45, 2.75) is 156 Å². The van der Waals surface area contributed by atoms with E-state index in [4.69, 9.17) is 0 Å².